The Kier molecular flexibility index (Phi) is 5.88. The van der Waals surface area contributed by atoms with Crippen LogP contribution in [0.1, 0.15) is 12.5 Å². The molecule has 2 aromatic carbocycles. The van der Waals surface area contributed by atoms with E-state index in [1.165, 1.54) is 11.8 Å². The first-order valence-electron chi connectivity index (χ1n) is 7.89. The summed E-state index contributed by atoms with van der Waals surface area (Å²) in [5, 5.41) is 2.38. The first kappa shape index (κ1) is 18.8. The van der Waals surface area contributed by atoms with Crippen LogP contribution in [0, 0.1) is 11.6 Å². The molecular formula is C18H16ClF2NO3S. The van der Waals surface area contributed by atoms with Crippen LogP contribution in [0.25, 0.3) is 0 Å². The highest BCUT2D eigenvalue weighted by Gasteiger charge is 2.19. The van der Waals surface area contributed by atoms with Crippen LogP contribution in [0.3, 0.4) is 0 Å². The molecule has 0 spiro atoms. The van der Waals surface area contributed by atoms with E-state index in [1.807, 2.05) is 6.07 Å². The highest BCUT2D eigenvalue weighted by molar-refractivity contribution is 7.99. The predicted molar refractivity (Wildman–Crippen MR) is 98.2 cm³/mol. The molecule has 1 N–H and O–H groups in total. The molecule has 138 valence electrons. The normalized spacial score (nSPS) is 14.0. The topological polar surface area (TPSA) is 47.6 Å². The van der Waals surface area contributed by atoms with Crippen molar-refractivity contribution in [2.75, 3.05) is 18.5 Å². The number of amides is 1. The predicted octanol–water partition coefficient (Wildman–Crippen LogP) is 4.65. The van der Waals surface area contributed by atoms with Gasteiger partial charge in [-0.25, -0.2) is 8.78 Å². The number of nitrogens with one attached hydrogen (secondary N) is 1. The van der Waals surface area contributed by atoms with Crippen LogP contribution in [0.15, 0.2) is 30.3 Å². The van der Waals surface area contributed by atoms with Crippen molar-refractivity contribution < 1.29 is 23.0 Å². The highest BCUT2D eigenvalue weighted by Crippen LogP contribution is 2.39. The van der Waals surface area contributed by atoms with Crippen LogP contribution in [-0.2, 0) is 10.5 Å². The molecule has 1 atom stereocenters. The third-order valence-electron chi connectivity index (χ3n) is 3.71. The van der Waals surface area contributed by atoms with Gasteiger partial charge in [0, 0.05) is 11.8 Å². The first-order chi connectivity index (χ1) is 12.4. The summed E-state index contributed by atoms with van der Waals surface area (Å²) >= 11 is 7.54. The lowest BCUT2D eigenvalue weighted by molar-refractivity contribution is -0.115. The van der Waals surface area contributed by atoms with Gasteiger partial charge in [0.05, 0.1) is 16.0 Å². The van der Waals surface area contributed by atoms with Gasteiger partial charge >= 0.3 is 0 Å². The van der Waals surface area contributed by atoms with E-state index >= 15 is 0 Å². The lowest BCUT2D eigenvalue weighted by Gasteiger charge is -2.20. The molecule has 26 heavy (non-hydrogen) atoms. The summed E-state index contributed by atoms with van der Waals surface area (Å²) < 4.78 is 37.8. The number of benzene rings is 2. The van der Waals surface area contributed by atoms with Gasteiger partial charge in [-0.1, -0.05) is 11.6 Å². The number of thioether (sulfide) groups is 1. The van der Waals surface area contributed by atoms with Gasteiger partial charge in [0.15, 0.2) is 11.5 Å². The smallest absolute Gasteiger partial charge is 0.237 e. The number of hydrogen-bond donors (Lipinski definition) is 1. The van der Waals surface area contributed by atoms with Gasteiger partial charge in [0.1, 0.15) is 24.8 Å². The number of fused-ring (bicyclic) bond motifs is 1. The second-order valence-electron chi connectivity index (χ2n) is 5.67. The standard InChI is InChI=1S/C18H16ClF2NO3S/c1-10(18(23)22-15-8-12(20)2-3-14(15)21)26-9-11-6-13(19)17-16(7-11)24-4-5-25-17/h2-3,6-8,10H,4-5,9H2,1H3,(H,22,23). The average Bonchev–Trinajstić information content (AvgIpc) is 2.62. The zero-order valence-electron chi connectivity index (χ0n) is 13.9. The molecule has 8 heteroatoms. The Balaban J connectivity index is 1.61. The van der Waals surface area contributed by atoms with Crippen molar-refractivity contribution in [3.63, 3.8) is 0 Å². The summed E-state index contributed by atoms with van der Waals surface area (Å²) in [4.78, 5) is 12.2. The fourth-order valence-corrected chi connectivity index (χ4v) is 3.48. The average molecular weight is 400 g/mol. The Morgan fingerprint density at radius 3 is 2.85 bits per heavy atom. The minimum atomic E-state index is -0.685. The van der Waals surface area contributed by atoms with Crippen LogP contribution in [0.2, 0.25) is 5.02 Å². The monoisotopic (exact) mass is 399 g/mol. The van der Waals surface area contributed by atoms with E-state index in [4.69, 9.17) is 21.1 Å². The van der Waals surface area contributed by atoms with Gasteiger partial charge in [-0.3, -0.25) is 4.79 Å². The Hall–Kier alpha value is -1.99. The lowest BCUT2D eigenvalue weighted by Crippen LogP contribution is -2.23. The molecule has 4 nitrogen and oxygen atoms in total. The van der Waals surface area contributed by atoms with Crippen molar-refractivity contribution in [1.82, 2.24) is 0 Å². The molecule has 0 saturated carbocycles. The molecule has 1 aliphatic rings. The van der Waals surface area contributed by atoms with Gasteiger partial charge in [-0.15, -0.1) is 11.8 Å². The van der Waals surface area contributed by atoms with Gasteiger partial charge < -0.3 is 14.8 Å². The molecule has 1 aliphatic heterocycles. The molecule has 0 radical (unpaired) electrons. The minimum Gasteiger partial charge on any atom is -0.486 e. The molecule has 0 bridgehead atoms. The fraction of sp³-hybridized carbons (Fsp3) is 0.278. The van der Waals surface area contributed by atoms with Gasteiger partial charge in [0.2, 0.25) is 5.91 Å². The molecule has 0 aromatic heterocycles. The largest absolute Gasteiger partial charge is 0.486 e. The lowest BCUT2D eigenvalue weighted by atomic mass is 10.2. The van der Waals surface area contributed by atoms with Crippen LogP contribution in [0.4, 0.5) is 14.5 Å². The Labute approximate surface area is 158 Å². The Morgan fingerprint density at radius 2 is 2.04 bits per heavy atom. The molecule has 0 fully saturated rings. The maximum absolute atomic E-state index is 13.6. The molecule has 2 aromatic rings. The van der Waals surface area contributed by atoms with Crippen molar-refractivity contribution in [3.8, 4) is 11.5 Å². The minimum absolute atomic E-state index is 0.176. The molecule has 3 rings (SSSR count). The van der Waals surface area contributed by atoms with Crippen molar-refractivity contribution in [1.29, 1.82) is 0 Å². The maximum atomic E-state index is 13.6. The van der Waals surface area contributed by atoms with E-state index in [1.54, 1.807) is 13.0 Å². The highest BCUT2D eigenvalue weighted by atomic mass is 35.5. The number of rotatable bonds is 5. The van der Waals surface area contributed by atoms with Gasteiger partial charge in [-0.2, -0.15) is 0 Å². The van der Waals surface area contributed by atoms with E-state index in [-0.39, 0.29) is 5.69 Å². The summed E-state index contributed by atoms with van der Waals surface area (Å²) in [6, 6.07) is 6.50. The number of hydrogen-bond acceptors (Lipinski definition) is 4. The van der Waals surface area contributed by atoms with E-state index in [2.05, 4.69) is 5.32 Å². The third-order valence-corrected chi connectivity index (χ3v) is 5.21. The SMILES string of the molecule is CC(SCc1cc(Cl)c2c(c1)OCCO2)C(=O)Nc1cc(F)ccc1F. The first-order valence-corrected chi connectivity index (χ1v) is 9.32. The number of carbonyl (C=O) groups is 1. The van der Waals surface area contributed by atoms with Gasteiger partial charge in [-0.05, 0) is 36.8 Å². The third kappa shape index (κ3) is 4.40. The van der Waals surface area contributed by atoms with Crippen LogP contribution in [-0.4, -0.2) is 24.4 Å². The summed E-state index contributed by atoms with van der Waals surface area (Å²) in [6.07, 6.45) is 0. The summed E-state index contributed by atoms with van der Waals surface area (Å²) in [6.45, 7) is 2.60. The van der Waals surface area contributed by atoms with E-state index in [0.29, 0.717) is 35.5 Å². The maximum Gasteiger partial charge on any atom is 0.237 e. The summed E-state index contributed by atoms with van der Waals surface area (Å²) in [7, 11) is 0. The van der Waals surface area contributed by atoms with Crippen molar-refractivity contribution in [3.05, 3.63) is 52.6 Å². The number of anilines is 1. The molecular weight excluding hydrogens is 384 g/mol. The zero-order chi connectivity index (χ0) is 18.7. The number of halogens is 3. The van der Waals surface area contributed by atoms with E-state index in [9.17, 15) is 13.6 Å². The molecule has 1 unspecified atom stereocenters. The van der Waals surface area contributed by atoms with Crippen molar-refractivity contribution >= 4 is 35.0 Å². The second-order valence-corrected chi connectivity index (χ2v) is 7.40. The number of ether oxygens (including phenoxy) is 2. The van der Waals surface area contributed by atoms with Crippen LogP contribution >= 0.6 is 23.4 Å². The van der Waals surface area contributed by atoms with Crippen molar-refractivity contribution in [2.24, 2.45) is 0 Å². The van der Waals surface area contributed by atoms with Crippen LogP contribution < -0.4 is 14.8 Å². The molecule has 1 heterocycles. The zero-order valence-corrected chi connectivity index (χ0v) is 15.4. The Morgan fingerprint density at radius 1 is 1.27 bits per heavy atom. The van der Waals surface area contributed by atoms with Gasteiger partial charge in [0.25, 0.3) is 0 Å². The molecule has 0 aliphatic carbocycles. The van der Waals surface area contributed by atoms with Crippen LogP contribution in [0.5, 0.6) is 11.5 Å². The van der Waals surface area contributed by atoms with Crippen molar-refractivity contribution in [2.45, 2.75) is 17.9 Å². The van der Waals surface area contributed by atoms with E-state index < -0.39 is 22.8 Å². The second kappa shape index (κ2) is 8.14. The fourth-order valence-electron chi connectivity index (χ4n) is 2.37. The van der Waals surface area contributed by atoms with E-state index in [0.717, 1.165) is 23.8 Å². The summed E-state index contributed by atoms with van der Waals surface area (Å²) in [5.74, 6) is -0.111. The summed E-state index contributed by atoms with van der Waals surface area (Å²) in [5.41, 5.74) is 0.700. The Bertz CT molecular complexity index is 834. The molecule has 0 saturated heterocycles. The molecule has 1 amide bonds. The number of carbonyl (C=O) groups excluding carboxylic acids is 1. The quantitative estimate of drug-likeness (QED) is 0.795.